The largest absolute Gasteiger partial charge is 0.380 e. The number of hydrogen-bond donors (Lipinski definition) is 1. The summed E-state index contributed by atoms with van der Waals surface area (Å²) in [5.41, 5.74) is 1.15. The molecule has 0 spiro atoms. The first-order valence-corrected chi connectivity index (χ1v) is 8.89. The molecule has 1 amide bonds. The number of amides is 1. The number of rotatable bonds is 9. The van der Waals surface area contributed by atoms with E-state index < -0.39 is 0 Å². The van der Waals surface area contributed by atoms with E-state index in [4.69, 9.17) is 0 Å². The van der Waals surface area contributed by atoms with Crippen LogP contribution in [0, 0.1) is 0 Å². The molecule has 2 rings (SSSR count). The van der Waals surface area contributed by atoms with Crippen LogP contribution in [0.1, 0.15) is 58.3 Å². The molecule has 1 N–H and O–H groups in total. The van der Waals surface area contributed by atoms with Crippen LogP contribution in [0.15, 0.2) is 30.3 Å². The minimum absolute atomic E-state index is 0.341. The number of unbranched alkanes of at least 4 members (excludes halogenated alkanes) is 5. The number of benzene rings is 1. The quantitative estimate of drug-likeness (QED) is 0.683. The SMILES string of the molecule is CCCCCCCCC(=O)N1CCC(Nc2ccccc2)C1. The molecule has 122 valence electrons. The van der Waals surface area contributed by atoms with E-state index in [-0.39, 0.29) is 0 Å². The van der Waals surface area contributed by atoms with Crippen molar-refractivity contribution in [2.75, 3.05) is 18.4 Å². The number of nitrogens with one attached hydrogen (secondary N) is 1. The molecule has 22 heavy (non-hydrogen) atoms. The first-order valence-electron chi connectivity index (χ1n) is 8.89. The lowest BCUT2D eigenvalue weighted by Crippen LogP contribution is -2.31. The van der Waals surface area contributed by atoms with Gasteiger partial charge in [-0.15, -0.1) is 0 Å². The van der Waals surface area contributed by atoms with Gasteiger partial charge in [0.2, 0.25) is 5.91 Å². The van der Waals surface area contributed by atoms with Gasteiger partial charge >= 0.3 is 0 Å². The van der Waals surface area contributed by atoms with E-state index >= 15 is 0 Å². The standard InChI is InChI=1S/C19H30N2O/c1-2-3-4-5-6-10-13-19(22)21-15-14-18(16-21)20-17-11-8-7-9-12-17/h7-9,11-12,18,20H,2-6,10,13-16H2,1H3. The molecular weight excluding hydrogens is 272 g/mol. The predicted octanol–water partition coefficient (Wildman–Crippen LogP) is 4.45. The minimum atomic E-state index is 0.341. The van der Waals surface area contributed by atoms with Gasteiger partial charge in [-0.1, -0.05) is 57.2 Å². The Hall–Kier alpha value is -1.51. The lowest BCUT2D eigenvalue weighted by molar-refractivity contribution is -0.130. The van der Waals surface area contributed by atoms with Crippen LogP contribution in [0.25, 0.3) is 0 Å². The van der Waals surface area contributed by atoms with Crippen molar-refractivity contribution >= 4 is 11.6 Å². The van der Waals surface area contributed by atoms with Gasteiger partial charge in [0.05, 0.1) is 0 Å². The maximum absolute atomic E-state index is 12.2. The van der Waals surface area contributed by atoms with Crippen LogP contribution < -0.4 is 5.32 Å². The fraction of sp³-hybridized carbons (Fsp3) is 0.632. The molecule has 1 fully saturated rings. The van der Waals surface area contributed by atoms with Crippen molar-refractivity contribution in [1.29, 1.82) is 0 Å². The van der Waals surface area contributed by atoms with Gasteiger partial charge < -0.3 is 10.2 Å². The Morgan fingerprint density at radius 1 is 1.14 bits per heavy atom. The van der Waals surface area contributed by atoms with Crippen molar-refractivity contribution in [2.45, 2.75) is 64.3 Å². The zero-order valence-electron chi connectivity index (χ0n) is 13.9. The second-order valence-corrected chi connectivity index (χ2v) is 6.35. The average molecular weight is 302 g/mol. The van der Waals surface area contributed by atoms with Gasteiger partial charge in [0, 0.05) is 31.2 Å². The van der Waals surface area contributed by atoms with Gasteiger partial charge in [-0.05, 0) is 25.0 Å². The molecule has 1 aromatic carbocycles. The lowest BCUT2D eigenvalue weighted by atomic mass is 10.1. The van der Waals surface area contributed by atoms with E-state index in [1.807, 2.05) is 23.1 Å². The summed E-state index contributed by atoms with van der Waals surface area (Å²) in [6.45, 7) is 3.99. The summed E-state index contributed by atoms with van der Waals surface area (Å²) in [5, 5.41) is 3.52. The third kappa shape index (κ3) is 5.70. The van der Waals surface area contributed by atoms with E-state index in [0.29, 0.717) is 11.9 Å². The summed E-state index contributed by atoms with van der Waals surface area (Å²) in [6.07, 6.45) is 9.23. The average Bonchev–Trinajstić information content (AvgIpc) is 3.00. The van der Waals surface area contributed by atoms with E-state index in [1.54, 1.807) is 0 Å². The van der Waals surface area contributed by atoms with Crippen molar-refractivity contribution in [3.63, 3.8) is 0 Å². The van der Waals surface area contributed by atoms with Crippen LogP contribution in [-0.2, 0) is 4.79 Å². The molecule has 3 nitrogen and oxygen atoms in total. The van der Waals surface area contributed by atoms with Crippen molar-refractivity contribution in [1.82, 2.24) is 4.90 Å². The van der Waals surface area contributed by atoms with Gasteiger partial charge in [0.1, 0.15) is 0 Å². The third-order valence-corrected chi connectivity index (χ3v) is 4.43. The van der Waals surface area contributed by atoms with E-state index in [1.165, 1.54) is 32.1 Å². The summed E-state index contributed by atoms with van der Waals surface area (Å²) in [5.74, 6) is 0.341. The number of nitrogens with zero attached hydrogens (tertiary/aromatic N) is 1. The molecule has 0 bridgehead atoms. The normalized spacial score (nSPS) is 17.7. The van der Waals surface area contributed by atoms with Crippen LogP contribution >= 0.6 is 0 Å². The van der Waals surface area contributed by atoms with Gasteiger partial charge in [0.25, 0.3) is 0 Å². The second kappa shape index (κ2) is 9.50. The third-order valence-electron chi connectivity index (χ3n) is 4.43. The summed E-state index contributed by atoms with van der Waals surface area (Å²) in [7, 11) is 0. The highest BCUT2D eigenvalue weighted by Gasteiger charge is 2.25. The Morgan fingerprint density at radius 3 is 2.64 bits per heavy atom. The Labute approximate surface area is 135 Å². The number of carbonyl (C=O) groups excluding carboxylic acids is 1. The van der Waals surface area contributed by atoms with E-state index in [0.717, 1.165) is 38.0 Å². The Morgan fingerprint density at radius 2 is 1.86 bits per heavy atom. The van der Waals surface area contributed by atoms with Gasteiger partial charge in [-0.25, -0.2) is 0 Å². The topological polar surface area (TPSA) is 32.3 Å². The molecule has 0 aromatic heterocycles. The fourth-order valence-electron chi connectivity index (χ4n) is 3.09. The molecule has 1 aliphatic heterocycles. The summed E-state index contributed by atoms with van der Waals surface area (Å²) in [6, 6.07) is 10.7. The van der Waals surface area contributed by atoms with Crippen molar-refractivity contribution in [3.05, 3.63) is 30.3 Å². The first-order chi connectivity index (χ1) is 10.8. The number of likely N-dealkylation sites (tertiary alicyclic amines) is 1. The number of anilines is 1. The number of carbonyl (C=O) groups is 1. The molecule has 1 aliphatic rings. The molecule has 0 radical (unpaired) electrons. The van der Waals surface area contributed by atoms with Crippen LogP contribution in [0.2, 0.25) is 0 Å². The first kappa shape index (κ1) is 16.9. The monoisotopic (exact) mass is 302 g/mol. The van der Waals surface area contributed by atoms with Gasteiger partial charge in [-0.2, -0.15) is 0 Å². The van der Waals surface area contributed by atoms with Gasteiger partial charge in [0.15, 0.2) is 0 Å². The molecule has 3 heteroatoms. The van der Waals surface area contributed by atoms with Crippen molar-refractivity contribution < 1.29 is 4.79 Å². The van der Waals surface area contributed by atoms with Crippen molar-refractivity contribution in [2.24, 2.45) is 0 Å². The highest BCUT2D eigenvalue weighted by Crippen LogP contribution is 2.17. The molecule has 1 atom stereocenters. The zero-order chi connectivity index (χ0) is 15.6. The smallest absolute Gasteiger partial charge is 0.222 e. The summed E-state index contributed by atoms with van der Waals surface area (Å²) in [4.78, 5) is 14.3. The van der Waals surface area contributed by atoms with Crippen LogP contribution in [0.3, 0.4) is 0 Å². The second-order valence-electron chi connectivity index (χ2n) is 6.35. The maximum Gasteiger partial charge on any atom is 0.222 e. The molecule has 1 unspecified atom stereocenters. The fourth-order valence-corrected chi connectivity index (χ4v) is 3.09. The minimum Gasteiger partial charge on any atom is -0.380 e. The molecule has 1 heterocycles. The summed E-state index contributed by atoms with van der Waals surface area (Å²) < 4.78 is 0. The summed E-state index contributed by atoms with van der Waals surface area (Å²) >= 11 is 0. The Balaban J connectivity index is 1.61. The van der Waals surface area contributed by atoms with Crippen molar-refractivity contribution in [3.8, 4) is 0 Å². The molecule has 0 saturated carbocycles. The highest BCUT2D eigenvalue weighted by molar-refractivity contribution is 5.76. The molecule has 1 aromatic rings. The molecule has 0 aliphatic carbocycles. The predicted molar refractivity (Wildman–Crippen MR) is 93.0 cm³/mol. The molecule has 1 saturated heterocycles. The van der Waals surface area contributed by atoms with Crippen LogP contribution in [0.5, 0.6) is 0 Å². The lowest BCUT2D eigenvalue weighted by Gasteiger charge is -2.17. The zero-order valence-corrected chi connectivity index (χ0v) is 13.9. The number of para-hydroxylation sites is 1. The molecular formula is C19H30N2O. The Kier molecular flexibility index (Phi) is 7.27. The Bertz CT molecular complexity index is 432. The van der Waals surface area contributed by atoms with Gasteiger partial charge in [-0.3, -0.25) is 4.79 Å². The highest BCUT2D eigenvalue weighted by atomic mass is 16.2. The maximum atomic E-state index is 12.2. The van der Waals surface area contributed by atoms with Crippen LogP contribution in [0.4, 0.5) is 5.69 Å². The van der Waals surface area contributed by atoms with E-state index in [9.17, 15) is 4.79 Å². The van der Waals surface area contributed by atoms with E-state index in [2.05, 4.69) is 24.4 Å². The van der Waals surface area contributed by atoms with Crippen LogP contribution in [-0.4, -0.2) is 29.9 Å². The number of hydrogen-bond acceptors (Lipinski definition) is 2.